The van der Waals surface area contributed by atoms with Crippen molar-refractivity contribution < 1.29 is 19.5 Å². The van der Waals surface area contributed by atoms with Gasteiger partial charge in [-0.25, -0.2) is 4.79 Å². The summed E-state index contributed by atoms with van der Waals surface area (Å²) in [5, 5.41) is 12.1. The molecule has 0 saturated heterocycles. The third-order valence-corrected chi connectivity index (χ3v) is 5.12. The van der Waals surface area contributed by atoms with Gasteiger partial charge in [0, 0.05) is 18.6 Å². The van der Waals surface area contributed by atoms with E-state index in [-0.39, 0.29) is 11.0 Å². The highest BCUT2D eigenvalue weighted by molar-refractivity contribution is 8.13. The van der Waals surface area contributed by atoms with Crippen LogP contribution in [0.5, 0.6) is 0 Å². The Balaban J connectivity index is 2.08. The van der Waals surface area contributed by atoms with Crippen molar-refractivity contribution in [2.24, 2.45) is 5.92 Å². The predicted octanol–water partition coefficient (Wildman–Crippen LogP) is 3.46. The monoisotopic (exact) mass is 385 g/mol. The maximum absolute atomic E-state index is 12.8. The lowest BCUT2D eigenvalue weighted by molar-refractivity contribution is -0.142. The standard InChI is InChI=1S/C21H23NO4S/c1-15(23)27-14-18(13-12-16-8-4-2-5-9-16)20(24)22-19(21(25)26)17-10-6-3-7-11-17/h2-11,18-19H,12-14H2,1H3,(H,22,24)(H,25,26)/t18-,19-/m1/s1. The van der Waals surface area contributed by atoms with Gasteiger partial charge in [-0.2, -0.15) is 0 Å². The summed E-state index contributed by atoms with van der Waals surface area (Å²) in [6.45, 7) is 1.46. The van der Waals surface area contributed by atoms with Crippen molar-refractivity contribution in [1.29, 1.82) is 0 Å². The number of carbonyl (C=O) groups excluding carboxylic acids is 2. The Hall–Kier alpha value is -2.60. The zero-order chi connectivity index (χ0) is 19.6. The molecule has 5 nitrogen and oxygen atoms in total. The highest BCUT2D eigenvalue weighted by atomic mass is 32.2. The highest BCUT2D eigenvalue weighted by Crippen LogP contribution is 2.19. The van der Waals surface area contributed by atoms with Crippen LogP contribution < -0.4 is 5.32 Å². The largest absolute Gasteiger partial charge is 0.479 e. The summed E-state index contributed by atoms with van der Waals surface area (Å²) in [6, 6.07) is 17.2. The quantitative estimate of drug-likeness (QED) is 0.691. The normalized spacial score (nSPS) is 12.8. The summed E-state index contributed by atoms with van der Waals surface area (Å²) < 4.78 is 0. The number of amides is 1. The molecule has 0 bridgehead atoms. The summed E-state index contributed by atoms with van der Waals surface area (Å²) in [6.07, 6.45) is 1.22. The number of aliphatic carboxylic acids is 1. The number of thioether (sulfide) groups is 1. The first kappa shape index (κ1) is 20.7. The Morgan fingerprint density at radius 3 is 2.15 bits per heavy atom. The number of hydrogen-bond acceptors (Lipinski definition) is 4. The topological polar surface area (TPSA) is 83.5 Å². The smallest absolute Gasteiger partial charge is 0.330 e. The van der Waals surface area contributed by atoms with Crippen molar-refractivity contribution in [2.45, 2.75) is 25.8 Å². The Bertz CT molecular complexity index is 764. The maximum atomic E-state index is 12.8. The van der Waals surface area contributed by atoms with Crippen LogP contribution in [-0.2, 0) is 20.8 Å². The molecule has 0 aromatic heterocycles. The number of benzene rings is 2. The van der Waals surface area contributed by atoms with Crippen molar-refractivity contribution >= 4 is 28.8 Å². The molecule has 0 unspecified atom stereocenters. The second-order valence-electron chi connectivity index (χ2n) is 6.21. The fourth-order valence-corrected chi connectivity index (χ4v) is 3.44. The lowest BCUT2D eigenvalue weighted by Gasteiger charge is -2.20. The van der Waals surface area contributed by atoms with Crippen LogP contribution in [0.4, 0.5) is 0 Å². The van der Waals surface area contributed by atoms with E-state index in [1.807, 2.05) is 30.3 Å². The van der Waals surface area contributed by atoms with E-state index < -0.39 is 17.9 Å². The van der Waals surface area contributed by atoms with Gasteiger partial charge in [-0.1, -0.05) is 72.4 Å². The van der Waals surface area contributed by atoms with Crippen molar-refractivity contribution in [3.63, 3.8) is 0 Å². The zero-order valence-electron chi connectivity index (χ0n) is 15.1. The highest BCUT2D eigenvalue weighted by Gasteiger charge is 2.26. The van der Waals surface area contributed by atoms with E-state index in [1.54, 1.807) is 30.3 Å². The fraction of sp³-hybridized carbons (Fsp3) is 0.286. The van der Waals surface area contributed by atoms with Crippen molar-refractivity contribution in [2.75, 3.05) is 5.75 Å². The summed E-state index contributed by atoms with van der Waals surface area (Å²) in [7, 11) is 0. The van der Waals surface area contributed by atoms with E-state index in [9.17, 15) is 19.5 Å². The van der Waals surface area contributed by atoms with Crippen LogP contribution in [-0.4, -0.2) is 27.9 Å². The molecule has 0 aliphatic rings. The second kappa shape index (κ2) is 10.5. The zero-order valence-corrected chi connectivity index (χ0v) is 15.9. The lowest BCUT2D eigenvalue weighted by atomic mass is 9.99. The minimum Gasteiger partial charge on any atom is -0.479 e. The van der Waals surface area contributed by atoms with Crippen LogP contribution in [0.3, 0.4) is 0 Å². The molecule has 0 fully saturated rings. The minimum atomic E-state index is -1.12. The molecule has 2 atom stereocenters. The van der Waals surface area contributed by atoms with E-state index in [2.05, 4.69) is 5.32 Å². The van der Waals surface area contributed by atoms with Gasteiger partial charge >= 0.3 is 5.97 Å². The molecule has 0 aliphatic carbocycles. The van der Waals surface area contributed by atoms with Gasteiger partial charge in [0.25, 0.3) is 0 Å². The third-order valence-electron chi connectivity index (χ3n) is 4.15. The molecule has 2 aromatic carbocycles. The summed E-state index contributed by atoms with van der Waals surface area (Å²) in [5.74, 6) is -1.59. The summed E-state index contributed by atoms with van der Waals surface area (Å²) in [5.41, 5.74) is 1.61. The van der Waals surface area contributed by atoms with Crippen LogP contribution in [0, 0.1) is 5.92 Å². The van der Waals surface area contributed by atoms with E-state index in [1.165, 1.54) is 6.92 Å². The molecule has 27 heavy (non-hydrogen) atoms. The minimum absolute atomic E-state index is 0.0645. The second-order valence-corrected chi connectivity index (χ2v) is 7.41. The molecule has 0 spiro atoms. The SMILES string of the molecule is CC(=O)SC[C@@H](CCc1ccccc1)C(=O)N[C@@H](C(=O)O)c1ccccc1. The average molecular weight is 385 g/mol. The maximum Gasteiger partial charge on any atom is 0.330 e. The third kappa shape index (κ3) is 6.90. The molecule has 2 aromatic rings. The Morgan fingerprint density at radius 1 is 1.00 bits per heavy atom. The number of aryl methyl sites for hydroxylation is 1. The number of hydrogen-bond donors (Lipinski definition) is 2. The van der Waals surface area contributed by atoms with Gasteiger partial charge in [0.1, 0.15) is 0 Å². The molecule has 0 saturated carbocycles. The van der Waals surface area contributed by atoms with E-state index in [4.69, 9.17) is 0 Å². The van der Waals surface area contributed by atoms with Crippen LogP contribution in [0.2, 0.25) is 0 Å². The molecule has 6 heteroatoms. The number of carbonyl (C=O) groups is 3. The fourth-order valence-electron chi connectivity index (χ4n) is 2.69. The number of rotatable bonds is 9. The van der Waals surface area contributed by atoms with Gasteiger partial charge in [0.2, 0.25) is 5.91 Å². The average Bonchev–Trinajstić information content (AvgIpc) is 2.67. The number of carboxylic acid groups (broad SMARTS) is 1. The number of carboxylic acids is 1. The van der Waals surface area contributed by atoms with E-state index in [0.29, 0.717) is 24.2 Å². The lowest BCUT2D eigenvalue weighted by Crippen LogP contribution is -2.38. The van der Waals surface area contributed by atoms with Gasteiger partial charge in [-0.15, -0.1) is 0 Å². The van der Waals surface area contributed by atoms with Crippen molar-refractivity contribution in [3.05, 3.63) is 71.8 Å². The van der Waals surface area contributed by atoms with Crippen LogP contribution in [0.1, 0.15) is 30.5 Å². The van der Waals surface area contributed by atoms with Crippen molar-refractivity contribution in [3.8, 4) is 0 Å². The molecule has 0 radical (unpaired) electrons. The molecule has 2 rings (SSSR count). The first-order chi connectivity index (χ1) is 13.0. The summed E-state index contributed by atoms with van der Waals surface area (Å²) >= 11 is 1.09. The van der Waals surface area contributed by atoms with Crippen LogP contribution in [0.25, 0.3) is 0 Å². The van der Waals surface area contributed by atoms with Gasteiger partial charge in [-0.05, 0) is 24.0 Å². The summed E-state index contributed by atoms with van der Waals surface area (Å²) in [4.78, 5) is 35.7. The van der Waals surface area contributed by atoms with E-state index >= 15 is 0 Å². The molecule has 142 valence electrons. The Labute approximate surface area is 163 Å². The molecular weight excluding hydrogens is 362 g/mol. The van der Waals surface area contributed by atoms with Gasteiger partial charge < -0.3 is 10.4 Å². The van der Waals surface area contributed by atoms with Gasteiger partial charge in [-0.3, -0.25) is 9.59 Å². The van der Waals surface area contributed by atoms with Gasteiger partial charge in [0.15, 0.2) is 11.2 Å². The molecule has 1 amide bonds. The van der Waals surface area contributed by atoms with Crippen LogP contribution >= 0.6 is 11.8 Å². The van der Waals surface area contributed by atoms with Gasteiger partial charge in [0.05, 0.1) is 0 Å². The van der Waals surface area contributed by atoms with E-state index in [0.717, 1.165) is 17.3 Å². The molecule has 2 N–H and O–H groups in total. The molecular formula is C21H23NO4S. The van der Waals surface area contributed by atoms with Crippen LogP contribution in [0.15, 0.2) is 60.7 Å². The van der Waals surface area contributed by atoms with Crippen molar-refractivity contribution in [1.82, 2.24) is 5.32 Å². The number of nitrogens with one attached hydrogen (secondary N) is 1. The molecule has 0 heterocycles. The first-order valence-electron chi connectivity index (χ1n) is 8.72. The Kier molecular flexibility index (Phi) is 8.07. The first-order valence-corrected chi connectivity index (χ1v) is 9.71. The predicted molar refractivity (Wildman–Crippen MR) is 106 cm³/mol. The Morgan fingerprint density at radius 2 is 1.59 bits per heavy atom. The molecule has 0 aliphatic heterocycles.